The molecule has 0 saturated carbocycles. The highest BCUT2D eigenvalue weighted by Gasteiger charge is 2.11. The lowest BCUT2D eigenvalue weighted by Crippen LogP contribution is -2.36. The van der Waals surface area contributed by atoms with Crippen molar-refractivity contribution in [3.63, 3.8) is 0 Å². The van der Waals surface area contributed by atoms with Crippen LogP contribution in [-0.2, 0) is 14.3 Å². The number of nitrogens with two attached hydrogens (primary N) is 1. The van der Waals surface area contributed by atoms with Gasteiger partial charge in [-0.3, -0.25) is 4.79 Å². The van der Waals surface area contributed by atoms with Gasteiger partial charge in [0.1, 0.15) is 0 Å². The lowest BCUT2D eigenvalue weighted by molar-refractivity contribution is -0.131. The number of amides is 1. The highest BCUT2D eigenvalue weighted by molar-refractivity contribution is 5.85. The van der Waals surface area contributed by atoms with Gasteiger partial charge in [-0.25, -0.2) is 0 Å². The van der Waals surface area contributed by atoms with Crippen LogP contribution in [0.25, 0.3) is 0 Å². The van der Waals surface area contributed by atoms with Crippen LogP contribution in [-0.4, -0.2) is 57.9 Å². The van der Waals surface area contributed by atoms with Gasteiger partial charge in [-0.2, -0.15) is 0 Å². The summed E-state index contributed by atoms with van der Waals surface area (Å²) in [6.45, 7) is 2.95. The number of carbonyl (C=O) groups is 1. The Morgan fingerprint density at radius 1 is 1.19 bits per heavy atom. The molecule has 6 heteroatoms. The first-order valence-corrected chi connectivity index (χ1v) is 5.22. The summed E-state index contributed by atoms with van der Waals surface area (Å²) >= 11 is 0. The van der Waals surface area contributed by atoms with E-state index in [-0.39, 0.29) is 18.3 Å². The van der Waals surface area contributed by atoms with Crippen molar-refractivity contribution in [1.82, 2.24) is 4.90 Å². The number of ether oxygens (including phenoxy) is 2. The fourth-order valence-electron chi connectivity index (χ4n) is 1.24. The molecule has 0 aromatic carbocycles. The second kappa shape index (κ2) is 12.7. The monoisotopic (exact) mass is 254 g/mol. The molecule has 1 amide bonds. The number of hydrogen-bond donors (Lipinski definition) is 1. The van der Waals surface area contributed by atoms with E-state index in [9.17, 15) is 4.79 Å². The maximum Gasteiger partial charge on any atom is 0.223 e. The number of nitrogens with zero attached hydrogens (tertiary/aromatic N) is 1. The van der Waals surface area contributed by atoms with Crippen molar-refractivity contribution >= 4 is 18.3 Å². The zero-order valence-corrected chi connectivity index (χ0v) is 10.9. The molecule has 0 aliphatic heterocycles. The minimum absolute atomic E-state index is 0. The Morgan fingerprint density at radius 3 is 2.31 bits per heavy atom. The van der Waals surface area contributed by atoms with E-state index in [1.54, 1.807) is 19.1 Å². The van der Waals surface area contributed by atoms with Gasteiger partial charge < -0.3 is 20.1 Å². The highest BCUT2D eigenvalue weighted by Crippen LogP contribution is 1.96. The second-order valence-corrected chi connectivity index (χ2v) is 3.26. The van der Waals surface area contributed by atoms with E-state index in [4.69, 9.17) is 15.2 Å². The van der Waals surface area contributed by atoms with Crippen LogP contribution < -0.4 is 5.73 Å². The van der Waals surface area contributed by atoms with E-state index in [1.165, 1.54) is 0 Å². The van der Waals surface area contributed by atoms with Crippen molar-refractivity contribution in [2.45, 2.75) is 12.8 Å². The van der Waals surface area contributed by atoms with E-state index in [2.05, 4.69) is 0 Å². The van der Waals surface area contributed by atoms with Crippen molar-refractivity contribution in [2.24, 2.45) is 5.73 Å². The molecule has 2 N–H and O–H groups in total. The molecule has 0 heterocycles. The van der Waals surface area contributed by atoms with Gasteiger partial charge in [-0.05, 0) is 6.42 Å². The molecule has 0 bridgehead atoms. The molecule has 0 unspecified atom stereocenters. The fourth-order valence-corrected chi connectivity index (χ4v) is 1.24. The van der Waals surface area contributed by atoms with Crippen LogP contribution in [0.1, 0.15) is 12.8 Å². The lowest BCUT2D eigenvalue weighted by Gasteiger charge is -2.22. The summed E-state index contributed by atoms with van der Waals surface area (Å²) < 4.78 is 9.89. The van der Waals surface area contributed by atoms with Crippen LogP contribution in [0.2, 0.25) is 0 Å². The molecule has 0 rings (SSSR count). The van der Waals surface area contributed by atoms with E-state index >= 15 is 0 Å². The Hall–Kier alpha value is -0.360. The second-order valence-electron chi connectivity index (χ2n) is 3.26. The van der Waals surface area contributed by atoms with Gasteiger partial charge in [0.15, 0.2) is 0 Å². The van der Waals surface area contributed by atoms with Gasteiger partial charge in [-0.1, -0.05) is 0 Å². The van der Waals surface area contributed by atoms with Crippen LogP contribution >= 0.6 is 12.4 Å². The first kappa shape index (κ1) is 18.0. The molecule has 0 atom stereocenters. The zero-order valence-electron chi connectivity index (χ0n) is 10.1. The number of carbonyl (C=O) groups excluding carboxylic acids is 1. The third kappa shape index (κ3) is 8.91. The summed E-state index contributed by atoms with van der Waals surface area (Å²) in [6, 6.07) is 0. The molecule has 98 valence electrons. The van der Waals surface area contributed by atoms with Gasteiger partial charge in [0.25, 0.3) is 0 Å². The highest BCUT2D eigenvalue weighted by atomic mass is 35.5. The molecule has 0 spiro atoms. The molecule has 0 aliphatic carbocycles. The summed E-state index contributed by atoms with van der Waals surface area (Å²) in [5.74, 6) is 0.0886. The average molecular weight is 255 g/mol. The van der Waals surface area contributed by atoms with Crippen LogP contribution in [0.4, 0.5) is 0 Å². The SMILES string of the molecule is COCCCN(CCOC)C(=O)CCN.Cl. The minimum Gasteiger partial charge on any atom is -0.385 e. The summed E-state index contributed by atoms with van der Waals surface area (Å²) in [7, 11) is 3.28. The number of rotatable bonds is 9. The van der Waals surface area contributed by atoms with Gasteiger partial charge >= 0.3 is 0 Å². The first-order valence-electron chi connectivity index (χ1n) is 5.22. The zero-order chi connectivity index (χ0) is 11.5. The summed E-state index contributed by atoms with van der Waals surface area (Å²) in [5.41, 5.74) is 5.35. The number of methoxy groups -OCH3 is 2. The van der Waals surface area contributed by atoms with Crippen LogP contribution in [0.15, 0.2) is 0 Å². The maximum atomic E-state index is 11.6. The van der Waals surface area contributed by atoms with Crippen molar-refractivity contribution in [3.8, 4) is 0 Å². The third-order valence-corrected chi connectivity index (χ3v) is 2.05. The topological polar surface area (TPSA) is 64.8 Å². The van der Waals surface area contributed by atoms with Crippen molar-refractivity contribution in [2.75, 3.05) is 47.1 Å². The molecular weight excluding hydrogens is 232 g/mol. The number of hydrogen-bond acceptors (Lipinski definition) is 4. The molecule has 16 heavy (non-hydrogen) atoms. The van der Waals surface area contributed by atoms with Crippen molar-refractivity contribution in [1.29, 1.82) is 0 Å². The van der Waals surface area contributed by atoms with Gasteiger partial charge in [0.05, 0.1) is 6.61 Å². The van der Waals surface area contributed by atoms with Gasteiger partial charge in [0, 0.05) is 46.9 Å². The molecule has 0 aromatic rings. The Labute approximate surface area is 104 Å². The minimum atomic E-state index is 0. The Bertz CT molecular complexity index is 170. The first-order chi connectivity index (χ1) is 7.26. The largest absolute Gasteiger partial charge is 0.385 e. The smallest absolute Gasteiger partial charge is 0.223 e. The molecule has 0 saturated heterocycles. The molecule has 0 radical (unpaired) electrons. The molecule has 0 fully saturated rings. The maximum absolute atomic E-state index is 11.6. The Kier molecular flexibility index (Phi) is 14.3. The Morgan fingerprint density at radius 2 is 1.81 bits per heavy atom. The van der Waals surface area contributed by atoms with E-state index in [0.29, 0.717) is 39.3 Å². The van der Waals surface area contributed by atoms with Crippen molar-refractivity contribution in [3.05, 3.63) is 0 Å². The molecular formula is C10H23ClN2O3. The predicted molar refractivity (Wildman–Crippen MR) is 65.9 cm³/mol. The average Bonchev–Trinajstić information content (AvgIpc) is 2.23. The summed E-state index contributed by atoms with van der Waals surface area (Å²) in [4.78, 5) is 13.4. The van der Waals surface area contributed by atoms with Gasteiger partial charge in [0.2, 0.25) is 5.91 Å². The molecule has 5 nitrogen and oxygen atoms in total. The predicted octanol–water partition coefficient (Wildman–Crippen LogP) is 0.269. The lowest BCUT2D eigenvalue weighted by atomic mass is 10.3. The normalized spacial score (nSPS) is 9.69. The Balaban J connectivity index is 0. The molecule has 0 aromatic heterocycles. The van der Waals surface area contributed by atoms with Crippen LogP contribution in [0.3, 0.4) is 0 Å². The standard InChI is InChI=1S/C10H22N2O3.ClH/c1-14-8-3-6-12(7-9-15-2)10(13)4-5-11;/h3-9,11H2,1-2H3;1H. The van der Waals surface area contributed by atoms with Crippen LogP contribution in [0, 0.1) is 0 Å². The van der Waals surface area contributed by atoms with Crippen molar-refractivity contribution < 1.29 is 14.3 Å². The quantitative estimate of drug-likeness (QED) is 0.600. The van der Waals surface area contributed by atoms with Crippen LogP contribution in [0.5, 0.6) is 0 Å². The van der Waals surface area contributed by atoms with E-state index < -0.39 is 0 Å². The number of halogens is 1. The summed E-state index contributed by atoms with van der Waals surface area (Å²) in [6.07, 6.45) is 1.24. The van der Waals surface area contributed by atoms with Gasteiger partial charge in [-0.15, -0.1) is 12.4 Å². The summed E-state index contributed by atoms with van der Waals surface area (Å²) in [5, 5.41) is 0. The third-order valence-electron chi connectivity index (χ3n) is 2.05. The van der Waals surface area contributed by atoms with E-state index in [1.807, 2.05) is 0 Å². The fraction of sp³-hybridized carbons (Fsp3) is 0.900. The molecule has 0 aliphatic rings. The van der Waals surface area contributed by atoms with E-state index in [0.717, 1.165) is 6.42 Å².